The molecule has 5 heteroatoms. The zero-order chi connectivity index (χ0) is 13.0. The molecule has 5 nitrogen and oxygen atoms in total. The number of ether oxygens (including phenoxy) is 1. The topological polar surface area (TPSA) is 83.8 Å². The number of aliphatic hydroxyl groups excluding tert-OH is 2. The van der Waals surface area contributed by atoms with Crippen molar-refractivity contribution in [2.75, 3.05) is 7.11 Å². The molecule has 2 N–H and O–H groups in total. The second-order valence-electron chi connectivity index (χ2n) is 3.56. The second-order valence-corrected chi connectivity index (χ2v) is 3.56. The van der Waals surface area contributed by atoms with Gasteiger partial charge >= 0.3 is 5.97 Å². The van der Waals surface area contributed by atoms with Crippen LogP contribution in [0.15, 0.2) is 24.3 Å². The number of benzene rings is 1. The molecule has 2 atom stereocenters. The summed E-state index contributed by atoms with van der Waals surface area (Å²) in [6, 6.07) is 6.24. The van der Waals surface area contributed by atoms with Crippen molar-refractivity contribution in [2.24, 2.45) is 0 Å². The molecule has 0 aliphatic carbocycles. The Morgan fingerprint density at radius 3 is 2.35 bits per heavy atom. The highest BCUT2D eigenvalue weighted by molar-refractivity contribution is 5.95. The molecule has 0 heterocycles. The molecule has 0 saturated carbocycles. The highest BCUT2D eigenvalue weighted by Crippen LogP contribution is 2.22. The van der Waals surface area contributed by atoms with Crippen molar-refractivity contribution in [3.8, 4) is 0 Å². The average Bonchev–Trinajstić information content (AvgIpc) is 2.35. The van der Waals surface area contributed by atoms with Crippen LogP contribution in [0.2, 0.25) is 0 Å². The average molecular weight is 238 g/mol. The van der Waals surface area contributed by atoms with Gasteiger partial charge in [-0.15, -0.1) is 0 Å². The summed E-state index contributed by atoms with van der Waals surface area (Å²) >= 11 is 0. The zero-order valence-corrected chi connectivity index (χ0v) is 9.58. The summed E-state index contributed by atoms with van der Waals surface area (Å²) in [4.78, 5) is 22.4. The van der Waals surface area contributed by atoms with E-state index in [4.69, 9.17) is 0 Å². The third-order valence-corrected chi connectivity index (χ3v) is 2.40. The van der Waals surface area contributed by atoms with Gasteiger partial charge in [0.2, 0.25) is 0 Å². The third-order valence-electron chi connectivity index (χ3n) is 2.40. The van der Waals surface area contributed by atoms with Gasteiger partial charge in [-0.2, -0.15) is 0 Å². The molecule has 0 spiro atoms. The van der Waals surface area contributed by atoms with Gasteiger partial charge < -0.3 is 14.9 Å². The normalized spacial score (nSPS) is 13.9. The Kier molecular flexibility index (Phi) is 4.37. The first-order valence-electron chi connectivity index (χ1n) is 5.03. The van der Waals surface area contributed by atoms with E-state index in [0.29, 0.717) is 0 Å². The van der Waals surface area contributed by atoms with Crippen molar-refractivity contribution in [1.82, 2.24) is 0 Å². The lowest BCUT2D eigenvalue weighted by Crippen LogP contribution is -2.29. The molecule has 0 saturated heterocycles. The quantitative estimate of drug-likeness (QED) is 0.588. The maximum Gasteiger partial charge on any atom is 0.337 e. The van der Waals surface area contributed by atoms with Crippen molar-refractivity contribution in [3.63, 3.8) is 0 Å². The van der Waals surface area contributed by atoms with E-state index in [1.807, 2.05) is 0 Å². The Morgan fingerprint density at radius 1 is 1.24 bits per heavy atom. The number of carbonyl (C=O) groups excluding carboxylic acids is 2. The lowest BCUT2D eigenvalue weighted by atomic mass is 9.96. The predicted octanol–water partition coefficient (Wildman–Crippen LogP) is 0.457. The van der Waals surface area contributed by atoms with E-state index in [1.165, 1.54) is 19.1 Å². The first-order valence-corrected chi connectivity index (χ1v) is 5.03. The molecule has 0 aromatic heterocycles. The summed E-state index contributed by atoms with van der Waals surface area (Å²) in [6.07, 6.45) is -3.19. The van der Waals surface area contributed by atoms with E-state index in [2.05, 4.69) is 4.74 Å². The van der Waals surface area contributed by atoms with Crippen LogP contribution in [0, 0.1) is 0 Å². The van der Waals surface area contributed by atoms with Gasteiger partial charge in [0.15, 0.2) is 11.9 Å². The second kappa shape index (κ2) is 5.56. The SMILES string of the molecule is COC(=O)C(O)C(O)c1ccccc1C(C)=O. The number of hydrogen-bond donors (Lipinski definition) is 2. The first-order chi connectivity index (χ1) is 7.99. The van der Waals surface area contributed by atoms with E-state index in [1.54, 1.807) is 12.1 Å². The summed E-state index contributed by atoms with van der Waals surface area (Å²) in [5.41, 5.74) is 0.473. The van der Waals surface area contributed by atoms with E-state index < -0.39 is 18.2 Å². The maximum atomic E-state index is 11.3. The molecular weight excluding hydrogens is 224 g/mol. The van der Waals surface area contributed by atoms with Gasteiger partial charge in [0.25, 0.3) is 0 Å². The lowest BCUT2D eigenvalue weighted by molar-refractivity contribution is -0.156. The molecule has 0 bridgehead atoms. The van der Waals surface area contributed by atoms with E-state index in [-0.39, 0.29) is 16.9 Å². The van der Waals surface area contributed by atoms with Crippen LogP contribution in [0.1, 0.15) is 28.9 Å². The van der Waals surface area contributed by atoms with Crippen molar-refractivity contribution in [3.05, 3.63) is 35.4 Å². The summed E-state index contributed by atoms with van der Waals surface area (Å²) in [7, 11) is 1.11. The van der Waals surface area contributed by atoms with Crippen molar-refractivity contribution >= 4 is 11.8 Å². The molecule has 0 aliphatic heterocycles. The Hall–Kier alpha value is -1.72. The van der Waals surface area contributed by atoms with Gasteiger partial charge in [-0.3, -0.25) is 4.79 Å². The zero-order valence-electron chi connectivity index (χ0n) is 9.58. The van der Waals surface area contributed by atoms with Crippen molar-refractivity contribution < 1.29 is 24.5 Å². The smallest absolute Gasteiger partial charge is 0.337 e. The largest absolute Gasteiger partial charge is 0.467 e. The Bertz CT molecular complexity index is 427. The summed E-state index contributed by atoms with van der Waals surface area (Å²) in [5.74, 6) is -1.20. The van der Waals surface area contributed by atoms with Gasteiger partial charge in [0.1, 0.15) is 6.10 Å². The molecular formula is C12H14O5. The highest BCUT2D eigenvalue weighted by Gasteiger charge is 2.28. The molecule has 2 unspecified atom stereocenters. The standard InChI is InChI=1S/C12H14O5/c1-7(13)8-5-3-4-6-9(8)10(14)11(15)12(16)17-2/h3-6,10-11,14-15H,1-2H3. The first kappa shape index (κ1) is 13.3. The lowest BCUT2D eigenvalue weighted by Gasteiger charge is -2.18. The molecule has 1 aromatic carbocycles. The molecule has 0 amide bonds. The van der Waals surface area contributed by atoms with Crippen LogP contribution in [0.5, 0.6) is 0 Å². The van der Waals surface area contributed by atoms with Crippen LogP contribution in [-0.4, -0.2) is 35.2 Å². The van der Waals surface area contributed by atoms with Gasteiger partial charge in [-0.1, -0.05) is 24.3 Å². The Morgan fingerprint density at radius 2 is 1.82 bits per heavy atom. The molecule has 0 aliphatic rings. The molecule has 0 radical (unpaired) electrons. The molecule has 1 rings (SSSR count). The monoisotopic (exact) mass is 238 g/mol. The van der Waals surface area contributed by atoms with Crippen LogP contribution >= 0.6 is 0 Å². The Balaban J connectivity index is 3.07. The minimum absolute atomic E-state index is 0.206. The van der Waals surface area contributed by atoms with Crippen LogP contribution < -0.4 is 0 Å². The molecule has 1 aromatic rings. The minimum Gasteiger partial charge on any atom is -0.467 e. The maximum absolute atomic E-state index is 11.3. The number of rotatable bonds is 4. The summed E-state index contributed by atoms with van der Waals surface area (Å²) < 4.78 is 4.32. The van der Waals surface area contributed by atoms with Gasteiger partial charge in [0.05, 0.1) is 7.11 Å². The van der Waals surface area contributed by atoms with Crippen LogP contribution in [0.25, 0.3) is 0 Å². The highest BCUT2D eigenvalue weighted by atomic mass is 16.5. The molecule has 92 valence electrons. The number of Topliss-reactive ketones (excluding diaryl/α,β-unsaturated/α-hetero) is 1. The number of esters is 1. The number of methoxy groups -OCH3 is 1. The van der Waals surface area contributed by atoms with Crippen LogP contribution in [0.4, 0.5) is 0 Å². The number of ketones is 1. The van der Waals surface area contributed by atoms with Crippen molar-refractivity contribution in [2.45, 2.75) is 19.1 Å². The summed E-state index contributed by atoms with van der Waals surface area (Å²) in [6.45, 7) is 1.34. The van der Waals surface area contributed by atoms with E-state index >= 15 is 0 Å². The molecule has 0 fully saturated rings. The number of hydrogen-bond acceptors (Lipinski definition) is 5. The van der Waals surface area contributed by atoms with Gasteiger partial charge in [-0.25, -0.2) is 4.79 Å². The van der Waals surface area contributed by atoms with E-state index in [0.717, 1.165) is 7.11 Å². The number of carbonyl (C=O) groups is 2. The third kappa shape index (κ3) is 2.89. The molecule has 17 heavy (non-hydrogen) atoms. The van der Waals surface area contributed by atoms with Crippen molar-refractivity contribution in [1.29, 1.82) is 0 Å². The fourth-order valence-electron chi connectivity index (χ4n) is 1.50. The predicted molar refractivity (Wildman–Crippen MR) is 59.4 cm³/mol. The Labute approximate surface area is 98.6 Å². The van der Waals surface area contributed by atoms with Gasteiger partial charge in [-0.05, 0) is 12.5 Å². The van der Waals surface area contributed by atoms with Crippen LogP contribution in [0.3, 0.4) is 0 Å². The fourth-order valence-corrected chi connectivity index (χ4v) is 1.50. The minimum atomic E-state index is -1.71. The van der Waals surface area contributed by atoms with Crippen LogP contribution in [-0.2, 0) is 9.53 Å². The number of aliphatic hydroxyl groups is 2. The fraction of sp³-hybridized carbons (Fsp3) is 0.333. The van der Waals surface area contributed by atoms with Gasteiger partial charge in [0, 0.05) is 5.56 Å². The summed E-state index contributed by atoms with van der Waals surface area (Å²) in [5, 5.41) is 19.3. The van der Waals surface area contributed by atoms with E-state index in [9.17, 15) is 19.8 Å².